The maximum atomic E-state index is 12.9. The molecule has 0 saturated carbocycles. The van der Waals surface area contributed by atoms with Crippen molar-refractivity contribution in [2.45, 2.75) is 38.8 Å². The van der Waals surface area contributed by atoms with Crippen molar-refractivity contribution in [1.29, 1.82) is 0 Å². The summed E-state index contributed by atoms with van der Waals surface area (Å²) in [5, 5.41) is 10.6. The van der Waals surface area contributed by atoms with Gasteiger partial charge >= 0.3 is 12.2 Å². The molecule has 2 atom stereocenters. The minimum Gasteiger partial charge on any atom is -0.466 e. The van der Waals surface area contributed by atoms with E-state index >= 15 is 0 Å². The van der Waals surface area contributed by atoms with E-state index in [1.54, 1.807) is 5.01 Å². The Labute approximate surface area is 290 Å². The normalized spacial score (nSPS) is 14.2. The van der Waals surface area contributed by atoms with Gasteiger partial charge < -0.3 is 39.8 Å². The number of benzene rings is 4. The summed E-state index contributed by atoms with van der Waals surface area (Å²) in [6, 6.07) is 32.8. The van der Waals surface area contributed by atoms with Crippen molar-refractivity contribution < 1.29 is 33.4 Å². The molecule has 5 rings (SSSR count). The van der Waals surface area contributed by atoms with Crippen molar-refractivity contribution >= 4 is 47.6 Å². The molecule has 0 aromatic heterocycles. The van der Waals surface area contributed by atoms with E-state index in [1.165, 1.54) is 0 Å². The molecule has 12 nitrogen and oxygen atoms in total. The summed E-state index contributed by atoms with van der Waals surface area (Å²) in [5.74, 6) is 0.530. The third kappa shape index (κ3) is 9.86. The third-order valence-electron chi connectivity index (χ3n) is 7.64. The highest BCUT2D eigenvalue weighted by Crippen LogP contribution is 2.38. The second kappa shape index (κ2) is 17.7. The van der Waals surface area contributed by atoms with Gasteiger partial charge in [-0.25, -0.2) is 20.0 Å². The zero-order valence-corrected chi connectivity index (χ0v) is 27.5. The lowest BCUT2D eigenvalue weighted by atomic mass is 10.1. The van der Waals surface area contributed by atoms with Crippen LogP contribution in [0.5, 0.6) is 0 Å². The van der Waals surface area contributed by atoms with Crippen molar-refractivity contribution in [1.82, 2.24) is 15.8 Å². The largest absolute Gasteiger partial charge is 0.466 e. The number of hydrazine groups is 1. The molecule has 1 unspecified atom stereocenters. The number of ether oxygens (including phenoxy) is 3. The van der Waals surface area contributed by atoms with Gasteiger partial charge in [-0.2, -0.15) is 0 Å². The number of amides is 2. The average Bonchev–Trinajstić information content (AvgIpc) is 3.47. The quantitative estimate of drug-likeness (QED) is 0.0830. The third-order valence-corrected chi connectivity index (χ3v) is 7.64. The molecule has 2 amide bonds. The van der Waals surface area contributed by atoms with E-state index in [2.05, 4.69) is 21.4 Å². The number of carbonyl (C=O) groups is 4. The first-order valence-electron chi connectivity index (χ1n) is 16.2. The van der Waals surface area contributed by atoms with Crippen molar-refractivity contribution in [3.63, 3.8) is 0 Å². The molecule has 50 heavy (non-hydrogen) atoms. The number of alkyl carbamates (subject to hydrolysis) is 1. The fraction of sp³-hybridized carbons (Fsp3) is 0.211. The van der Waals surface area contributed by atoms with E-state index in [4.69, 9.17) is 14.2 Å². The lowest BCUT2D eigenvalue weighted by Crippen LogP contribution is -2.44. The topological polar surface area (TPSA) is 147 Å². The summed E-state index contributed by atoms with van der Waals surface area (Å²) in [5.41, 5.74) is 8.21. The first-order chi connectivity index (χ1) is 24.4. The first kappa shape index (κ1) is 35.0. The van der Waals surface area contributed by atoms with Gasteiger partial charge in [0.2, 0.25) is 0 Å². The van der Waals surface area contributed by atoms with Crippen molar-refractivity contribution in [2.24, 2.45) is 0 Å². The lowest BCUT2D eigenvalue weighted by Gasteiger charge is -2.25. The maximum absolute atomic E-state index is 12.9. The predicted molar refractivity (Wildman–Crippen MR) is 189 cm³/mol. The molecule has 4 aromatic carbocycles. The summed E-state index contributed by atoms with van der Waals surface area (Å²) in [6.07, 6.45) is -0.0130. The minimum absolute atomic E-state index is 0.0932. The van der Waals surface area contributed by atoms with Crippen LogP contribution in [0.2, 0.25) is 0 Å². The van der Waals surface area contributed by atoms with Crippen LogP contribution in [0.1, 0.15) is 35.6 Å². The van der Waals surface area contributed by atoms with E-state index < -0.39 is 24.5 Å². The Morgan fingerprint density at radius 2 is 1.32 bits per heavy atom. The Morgan fingerprint density at radius 1 is 0.760 bits per heavy atom. The zero-order chi connectivity index (χ0) is 35.1. The van der Waals surface area contributed by atoms with E-state index in [1.807, 2.05) is 116 Å². The Balaban J connectivity index is 1.28. The lowest BCUT2D eigenvalue weighted by molar-refractivity contribution is -0.109. The standard InChI is InChI=1S/C38H39N5O7/c1-27-43(42-38(47)49-26-29-11-6-3-7-12-29)35(30-13-17-32(18-14-30)39-21-8-22-44)36(50-27)31-15-19-33(20-16-31)40-23-34(24-45)41-37(46)48-25-28-9-4-2-5-10-28/h2-7,9-20,22,24,27,34,39-40H,8,21,23,25-26H2,1H3,(H,41,46)(H,42,47)/t27-,34?/m0/s1. The molecule has 0 fully saturated rings. The van der Waals surface area contributed by atoms with Crippen molar-refractivity contribution in [3.8, 4) is 0 Å². The summed E-state index contributed by atoms with van der Waals surface area (Å²) >= 11 is 0. The molecule has 1 aliphatic heterocycles. The molecular formula is C38H39N5O7. The first-order valence-corrected chi connectivity index (χ1v) is 16.2. The second-order valence-corrected chi connectivity index (χ2v) is 11.3. The summed E-state index contributed by atoms with van der Waals surface area (Å²) in [7, 11) is 0. The van der Waals surface area contributed by atoms with Gasteiger partial charge in [0.15, 0.2) is 12.0 Å². The fourth-order valence-corrected chi connectivity index (χ4v) is 5.08. The van der Waals surface area contributed by atoms with Gasteiger partial charge in [-0.15, -0.1) is 0 Å². The highest BCUT2D eigenvalue weighted by molar-refractivity contribution is 5.89. The fourth-order valence-electron chi connectivity index (χ4n) is 5.08. The molecule has 4 N–H and O–H groups in total. The van der Waals surface area contributed by atoms with Gasteiger partial charge in [0.1, 0.15) is 37.5 Å². The summed E-state index contributed by atoms with van der Waals surface area (Å²) in [4.78, 5) is 47.6. The van der Waals surface area contributed by atoms with Crippen LogP contribution in [-0.4, -0.2) is 55.1 Å². The molecule has 0 spiro atoms. The van der Waals surface area contributed by atoms with Gasteiger partial charge in [-0.05, 0) is 54.4 Å². The van der Waals surface area contributed by atoms with Crippen LogP contribution in [-0.2, 0) is 37.0 Å². The number of hydrogen-bond acceptors (Lipinski definition) is 10. The number of rotatable bonds is 16. The van der Waals surface area contributed by atoms with Crippen LogP contribution in [0, 0.1) is 0 Å². The second-order valence-electron chi connectivity index (χ2n) is 11.3. The van der Waals surface area contributed by atoms with Gasteiger partial charge in [0.05, 0.1) is 0 Å². The molecular weight excluding hydrogens is 638 g/mol. The molecule has 1 aliphatic rings. The Bertz CT molecular complexity index is 1750. The molecule has 1 heterocycles. The van der Waals surface area contributed by atoms with Crippen molar-refractivity contribution in [3.05, 3.63) is 131 Å². The number of carbonyl (C=O) groups excluding carboxylic acids is 4. The predicted octanol–water partition coefficient (Wildman–Crippen LogP) is 5.94. The molecule has 0 saturated heterocycles. The van der Waals surface area contributed by atoms with Gasteiger partial charge in [-0.1, -0.05) is 72.8 Å². The molecule has 0 aliphatic carbocycles. The van der Waals surface area contributed by atoms with Crippen LogP contribution in [0.4, 0.5) is 21.0 Å². The van der Waals surface area contributed by atoms with Crippen LogP contribution in [0.25, 0.3) is 11.5 Å². The number of anilines is 2. The van der Waals surface area contributed by atoms with Gasteiger partial charge in [0, 0.05) is 42.0 Å². The average molecular weight is 678 g/mol. The van der Waals surface area contributed by atoms with E-state index in [9.17, 15) is 19.2 Å². The Morgan fingerprint density at radius 3 is 1.90 bits per heavy atom. The zero-order valence-electron chi connectivity index (χ0n) is 27.5. The number of aldehydes is 2. The van der Waals surface area contributed by atoms with Crippen LogP contribution in [0.3, 0.4) is 0 Å². The van der Waals surface area contributed by atoms with E-state index in [-0.39, 0.29) is 19.8 Å². The summed E-state index contributed by atoms with van der Waals surface area (Å²) in [6.45, 7) is 2.66. The number of nitrogens with zero attached hydrogens (tertiary/aromatic N) is 1. The van der Waals surface area contributed by atoms with E-state index in [0.717, 1.165) is 34.2 Å². The maximum Gasteiger partial charge on any atom is 0.426 e. The Kier molecular flexibility index (Phi) is 12.4. The van der Waals surface area contributed by atoms with Crippen LogP contribution in [0.15, 0.2) is 109 Å². The molecule has 258 valence electrons. The van der Waals surface area contributed by atoms with Crippen LogP contribution >= 0.6 is 0 Å². The van der Waals surface area contributed by atoms with Crippen molar-refractivity contribution in [2.75, 3.05) is 23.7 Å². The molecule has 4 aromatic rings. The summed E-state index contributed by atoms with van der Waals surface area (Å²) < 4.78 is 17.0. The minimum atomic E-state index is -0.816. The SMILES string of the molecule is C[C@@H]1OC(c2ccc(NCC(C=O)NC(=O)OCc3ccccc3)cc2)=C(c2ccc(NCCC=O)cc2)N1NC(=O)OCc1ccccc1. The highest BCUT2D eigenvalue weighted by Gasteiger charge is 2.34. The Hall–Kier alpha value is -6.30. The van der Waals surface area contributed by atoms with Crippen LogP contribution < -0.4 is 21.4 Å². The monoisotopic (exact) mass is 677 g/mol. The van der Waals surface area contributed by atoms with Gasteiger partial charge in [-0.3, -0.25) is 0 Å². The van der Waals surface area contributed by atoms with E-state index in [0.29, 0.717) is 36.4 Å². The number of nitrogens with one attached hydrogen (secondary N) is 4. The molecule has 0 bridgehead atoms. The molecule has 0 radical (unpaired) electrons. The van der Waals surface area contributed by atoms with Gasteiger partial charge in [0.25, 0.3) is 0 Å². The smallest absolute Gasteiger partial charge is 0.426 e. The highest BCUT2D eigenvalue weighted by atomic mass is 16.6. The number of hydrogen-bond donors (Lipinski definition) is 4. The molecule has 12 heteroatoms.